The van der Waals surface area contributed by atoms with E-state index in [0.717, 1.165) is 17.5 Å². The lowest BCUT2D eigenvalue weighted by molar-refractivity contribution is 0.418. The highest BCUT2D eigenvalue weighted by Crippen LogP contribution is 2.26. The number of fused-ring (bicyclic) bond motifs is 1. The molecule has 21 heavy (non-hydrogen) atoms. The summed E-state index contributed by atoms with van der Waals surface area (Å²) in [6.45, 7) is 4.98. The van der Waals surface area contributed by atoms with Gasteiger partial charge in [0, 0.05) is 31.2 Å². The van der Waals surface area contributed by atoms with Crippen molar-refractivity contribution >= 4 is 20.9 Å². The molecular weight excluding hydrogens is 286 g/mol. The molecule has 0 saturated carbocycles. The third-order valence-corrected chi connectivity index (χ3v) is 5.36. The first-order valence-corrected chi connectivity index (χ1v) is 8.51. The third-order valence-electron chi connectivity index (χ3n) is 3.40. The molecule has 0 aliphatic rings. The van der Waals surface area contributed by atoms with Crippen LogP contribution in [-0.4, -0.2) is 37.3 Å². The van der Waals surface area contributed by atoms with Gasteiger partial charge in [0.15, 0.2) is 0 Å². The molecule has 5 nitrogen and oxygen atoms in total. The molecule has 0 saturated heterocycles. The fourth-order valence-electron chi connectivity index (χ4n) is 2.40. The molecule has 1 aromatic heterocycles. The maximum Gasteiger partial charge on any atom is 0.243 e. The second-order valence-electron chi connectivity index (χ2n) is 4.97. The van der Waals surface area contributed by atoms with Crippen LogP contribution < -0.4 is 5.73 Å². The molecular formula is C15H21N3O2S. The molecule has 0 atom stereocenters. The summed E-state index contributed by atoms with van der Waals surface area (Å²) < 4.78 is 27.2. The highest BCUT2D eigenvalue weighted by atomic mass is 32.2. The van der Waals surface area contributed by atoms with E-state index in [2.05, 4.69) is 4.98 Å². The summed E-state index contributed by atoms with van der Waals surface area (Å²) in [6, 6.07) is 7.02. The minimum Gasteiger partial charge on any atom is -0.329 e. The number of aromatic nitrogens is 1. The summed E-state index contributed by atoms with van der Waals surface area (Å²) >= 11 is 0. The average molecular weight is 307 g/mol. The van der Waals surface area contributed by atoms with Gasteiger partial charge in [0.2, 0.25) is 10.0 Å². The number of nitrogens with two attached hydrogens (primary N) is 1. The summed E-state index contributed by atoms with van der Waals surface area (Å²) in [5, 5.41) is 0.663. The van der Waals surface area contributed by atoms with Crippen molar-refractivity contribution in [1.29, 1.82) is 0 Å². The summed E-state index contributed by atoms with van der Waals surface area (Å²) in [6.07, 6.45) is 2.43. The van der Waals surface area contributed by atoms with Crippen LogP contribution in [0, 0.1) is 6.92 Å². The zero-order chi connectivity index (χ0) is 15.5. The van der Waals surface area contributed by atoms with Crippen LogP contribution in [0.15, 0.2) is 35.4 Å². The number of hydrogen-bond donors (Lipinski definition) is 1. The zero-order valence-corrected chi connectivity index (χ0v) is 13.2. The monoisotopic (exact) mass is 307 g/mol. The Kier molecular flexibility index (Phi) is 4.92. The van der Waals surface area contributed by atoms with Gasteiger partial charge in [-0.2, -0.15) is 4.31 Å². The lowest BCUT2D eigenvalue weighted by atomic mass is 10.1. The Morgan fingerprint density at radius 3 is 2.67 bits per heavy atom. The molecule has 0 aliphatic carbocycles. The van der Waals surface area contributed by atoms with Crippen molar-refractivity contribution < 1.29 is 8.42 Å². The molecule has 0 spiro atoms. The molecule has 0 fully saturated rings. The largest absolute Gasteiger partial charge is 0.329 e. The standard InChI is InChI=1S/C15H21N3O2S/c1-3-10-18(11-8-16)21(19,20)14-7-6-12(2)15-13(14)5-4-9-17-15/h4-7,9H,3,8,10-11,16H2,1-2H3. The molecule has 0 amide bonds. The van der Waals surface area contributed by atoms with Crippen LogP contribution in [0.5, 0.6) is 0 Å². The van der Waals surface area contributed by atoms with Crippen LogP contribution in [0.2, 0.25) is 0 Å². The Hall–Kier alpha value is -1.50. The second kappa shape index (κ2) is 6.51. The Morgan fingerprint density at radius 1 is 1.24 bits per heavy atom. The van der Waals surface area contributed by atoms with Gasteiger partial charge in [-0.05, 0) is 37.1 Å². The minimum absolute atomic E-state index is 0.304. The maximum atomic E-state index is 12.9. The molecule has 1 heterocycles. The van der Waals surface area contributed by atoms with Crippen LogP contribution in [-0.2, 0) is 10.0 Å². The predicted octanol–water partition coefficient (Wildman–Crippen LogP) is 1.90. The fraction of sp³-hybridized carbons (Fsp3) is 0.400. The minimum atomic E-state index is -3.56. The van der Waals surface area contributed by atoms with E-state index in [1.54, 1.807) is 30.5 Å². The van der Waals surface area contributed by atoms with Crippen molar-refractivity contribution in [2.24, 2.45) is 5.73 Å². The fourth-order valence-corrected chi connectivity index (χ4v) is 4.13. The molecule has 0 radical (unpaired) electrons. The van der Waals surface area contributed by atoms with E-state index >= 15 is 0 Å². The molecule has 2 N–H and O–H groups in total. The first kappa shape index (κ1) is 15.9. The van der Waals surface area contributed by atoms with E-state index in [0.29, 0.717) is 29.9 Å². The van der Waals surface area contributed by atoms with Crippen molar-refractivity contribution in [2.45, 2.75) is 25.2 Å². The van der Waals surface area contributed by atoms with E-state index in [1.807, 2.05) is 13.8 Å². The van der Waals surface area contributed by atoms with Gasteiger partial charge in [0.25, 0.3) is 0 Å². The van der Waals surface area contributed by atoms with E-state index in [1.165, 1.54) is 4.31 Å². The SMILES string of the molecule is CCCN(CCN)S(=O)(=O)c1ccc(C)c2ncccc12. The van der Waals surface area contributed by atoms with Gasteiger partial charge in [-0.25, -0.2) is 8.42 Å². The van der Waals surface area contributed by atoms with Gasteiger partial charge >= 0.3 is 0 Å². The lowest BCUT2D eigenvalue weighted by Gasteiger charge is -2.22. The number of pyridine rings is 1. The third kappa shape index (κ3) is 3.07. The molecule has 0 bridgehead atoms. The van der Waals surface area contributed by atoms with Crippen LogP contribution in [0.25, 0.3) is 10.9 Å². The molecule has 1 aromatic carbocycles. The van der Waals surface area contributed by atoms with Gasteiger partial charge in [-0.1, -0.05) is 13.0 Å². The van der Waals surface area contributed by atoms with Crippen molar-refractivity contribution in [1.82, 2.24) is 9.29 Å². The summed E-state index contributed by atoms with van der Waals surface area (Å²) in [4.78, 5) is 4.60. The van der Waals surface area contributed by atoms with Crippen LogP contribution >= 0.6 is 0 Å². The lowest BCUT2D eigenvalue weighted by Crippen LogP contribution is -2.36. The average Bonchev–Trinajstić information content (AvgIpc) is 2.47. The molecule has 2 rings (SSSR count). The molecule has 2 aromatic rings. The van der Waals surface area contributed by atoms with Crippen molar-refractivity contribution in [3.8, 4) is 0 Å². The predicted molar refractivity (Wildman–Crippen MR) is 84.6 cm³/mol. The van der Waals surface area contributed by atoms with Crippen molar-refractivity contribution in [3.05, 3.63) is 36.0 Å². The van der Waals surface area contributed by atoms with Gasteiger partial charge in [0.1, 0.15) is 0 Å². The highest BCUT2D eigenvalue weighted by molar-refractivity contribution is 7.89. The van der Waals surface area contributed by atoms with Gasteiger partial charge in [-0.15, -0.1) is 0 Å². The van der Waals surface area contributed by atoms with E-state index < -0.39 is 10.0 Å². The summed E-state index contributed by atoms with van der Waals surface area (Å²) in [5.41, 5.74) is 7.24. The number of sulfonamides is 1. The van der Waals surface area contributed by atoms with Crippen LogP contribution in [0.1, 0.15) is 18.9 Å². The Balaban J connectivity index is 2.62. The number of benzene rings is 1. The Labute approximate surface area is 125 Å². The zero-order valence-electron chi connectivity index (χ0n) is 12.4. The summed E-state index contributed by atoms with van der Waals surface area (Å²) in [5.74, 6) is 0. The number of nitrogens with zero attached hydrogens (tertiary/aromatic N) is 2. The van der Waals surface area contributed by atoms with Crippen LogP contribution in [0.3, 0.4) is 0 Å². The van der Waals surface area contributed by atoms with E-state index in [-0.39, 0.29) is 0 Å². The second-order valence-corrected chi connectivity index (χ2v) is 6.88. The molecule has 6 heteroatoms. The number of rotatable bonds is 6. The van der Waals surface area contributed by atoms with Crippen molar-refractivity contribution in [3.63, 3.8) is 0 Å². The Morgan fingerprint density at radius 2 is 2.00 bits per heavy atom. The molecule has 114 valence electrons. The highest BCUT2D eigenvalue weighted by Gasteiger charge is 2.25. The quantitative estimate of drug-likeness (QED) is 0.884. The van der Waals surface area contributed by atoms with Gasteiger partial charge in [-0.3, -0.25) is 4.98 Å². The first-order chi connectivity index (χ1) is 10.0. The smallest absolute Gasteiger partial charge is 0.243 e. The molecule has 0 unspecified atom stereocenters. The Bertz CT molecular complexity index is 723. The topological polar surface area (TPSA) is 76.3 Å². The summed E-state index contributed by atoms with van der Waals surface area (Å²) in [7, 11) is -3.56. The van der Waals surface area contributed by atoms with Gasteiger partial charge in [0.05, 0.1) is 10.4 Å². The van der Waals surface area contributed by atoms with E-state index in [4.69, 9.17) is 5.73 Å². The van der Waals surface area contributed by atoms with E-state index in [9.17, 15) is 8.42 Å². The van der Waals surface area contributed by atoms with Crippen molar-refractivity contribution in [2.75, 3.05) is 19.6 Å². The van der Waals surface area contributed by atoms with Crippen LogP contribution in [0.4, 0.5) is 0 Å². The number of aryl methyl sites for hydroxylation is 1. The number of hydrogen-bond acceptors (Lipinski definition) is 4. The maximum absolute atomic E-state index is 12.9. The normalized spacial score (nSPS) is 12.2. The van der Waals surface area contributed by atoms with Gasteiger partial charge < -0.3 is 5.73 Å². The molecule has 0 aliphatic heterocycles. The first-order valence-electron chi connectivity index (χ1n) is 7.07.